The van der Waals surface area contributed by atoms with Crippen LogP contribution in [0.25, 0.3) is 0 Å². The minimum Gasteiger partial charge on any atom is -0.508 e. The number of hydrogen-bond acceptors (Lipinski definition) is 5. The smallest absolute Gasteiger partial charge is 0.342 e. The van der Waals surface area contributed by atoms with E-state index in [2.05, 4.69) is 0 Å². The first-order valence-corrected chi connectivity index (χ1v) is 7.86. The molecule has 22 heavy (non-hydrogen) atoms. The molecule has 1 aromatic carbocycles. The van der Waals surface area contributed by atoms with E-state index in [1.807, 2.05) is 6.92 Å². The molecule has 0 radical (unpaired) electrons. The molecule has 1 aliphatic rings. The van der Waals surface area contributed by atoms with E-state index in [9.17, 15) is 9.90 Å². The van der Waals surface area contributed by atoms with Gasteiger partial charge in [-0.15, -0.1) is 0 Å². The first kappa shape index (κ1) is 16.8. The zero-order chi connectivity index (χ0) is 16.0. The van der Waals surface area contributed by atoms with Gasteiger partial charge in [-0.25, -0.2) is 4.79 Å². The number of esters is 1. The van der Waals surface area contributed by atoms with Crippen molar-refractivity contribution in [1.29, 1.82) is 0 Å². The van der Waals surface area contributed by atoms with E-state index in [1.54, 1.807) is 6.92 Å². The van der Waals surface area contributed by atoms with E-state index in [0.717, 1.165) is 25.7 Å². The predicted octanol–water partition coefficient (Wildman–Crippen LogP) is 3.61. The lowest BCUT2D eigenvalue weighted by atomic mass is 9.98. The second-order valence-electron chi connectivity index (χ2n) is 5.61. The zero-order valence-corrected chi connectivity index (χ0v) is 13.2. The number of phenols is 1. The summed E-state index contributed by atoms with van der Waals surface area (Å²) in [5.41, 5.74) is 0.343. The van der Waals surface area contributed by atoms with Crippen molar-refractivity contribution >= 4 is 5.97 Å². The van der Waals surface area contributed by atoms with Crippen LogP contribution in [0, 0.1) is 0 Å². The summed E-state index contributed by atoms with van der Waals surface area (Å²) >= 11 is 0. The number of phenolic OH excluding ortho intramolecular Hbond substituents is 1. The fraction of sp³-hybridized carbons (Fsp3) is 0.588. The van der Waals surface area contributed by atoms with Gasteiger partial charge in [-0.1, -0.05) is 19.3 Å². The zero-order valence-electron chi connectivity index (χ0n) is 13.2. The molecule has 5 nitrogen and oxygen atoms in total. The van der Waals surface area contributed by atoms with Crippen LogP contribution in [0.2, 0.25) is 0 Å². The Bertz CT molecular complexity index is 478. The molecule has 1 fully saturated rings. The molecule has 0 heterocycles. The lowest BCUT2D eigenvalue weighted by Gasteiger charge is -2.34. The van der Waals surface area contributed by atoms with Crippen molar-refractivity contribution in [3.05, 3.63) is 29.8 Å². The summed E-state index contributed by atoms with van der Waals surface area (Å²) in [6, 6.07) is 5.89. The normalized spacial score (nSPS) is 18.6. The van der Waals surface area contributed by atoms with Crippen LogP contribution in [0.5, 0.6) is 5.75 Å². The van der Waals surface area contributed by atoms with Crippen LogP contribution in [0.3, 0.4) is 0 Å². The van der Waals surface area contributed by atoms with E-state index in [4.69, 9.17) is 14.2 Å². The molecule has 1 saturated carbocycles. The van der Waals surface area contributed by atoms with Gasteiger partial charge in [0, 0.05) is 6.92 Å². The predicted molar refractivity (Wildman–Crippen MR) is 81.5 cm³/mol. The van der Waals surface area contributed by atoms with E-state index in [1.165, 1.54) is 30.7 Å². The van der Waals surface area contributed by atoms with Crippen LogP contribution in [0.15, 0.2) is 24.3 Å². The Balaban J connectivity index is 2.02. The first-order chi connectivity index (χ1) is 10.5. The van der Waals surface area contributed by atoms with Gasteiger partial charge in [0.1, 0.15) is 5.75 Å². The Kier molecular flexibility index (Phi) is 5.80. The second-order valence-corrected chi connectivity index (χ2v) is 5.61. The van der Waals surface area contributed by atoms with Gasteiger partial charge in [0.2, 0.25) is 0 Å². The fourth-order valence-corrected chi connectivity index (χ4v) is 2.66. The van der Waals surface area contributed by atoms with Crippen LogP contribution in [-0.2, 0) is 14.2 Å². The minimum atomic E-state index is -1.38. The molecule has 0 bridgehead atoms. The molecular formula is C17H24O5. The second kappa shape index (κ2) is 7.61. The summed E-state index contributed by atoms with van der Waals surface area (Å²) in [4.78, 5) is 12.2. The molecule has 0 saturated heterocycles. The molecule has 2 rings (SSSR count). The Labute approximate surface area is 131 Å². The molecule has 1 atom stereocenters. The van der Waals surface area contributed by atoms with E-state index in [0.29, 0.717) is 12.2 Å². The summed E-state index contributed by atoms with van der Waals surface area (Å²) in [5.74, 6) is -1.82. The average molecular weight is 308 g/mol. The highest BCUT2D eigenvalue weighted by Gasteiger charge is 2.35. The number of rotatable bonds is 6. The van der Waals surface area contributed by atoms with Gasteiger partial charge >= 0.3 is 11.9 Å². The van der Waals surface area contributed by atoms with Gasteiger partial charge in [0.05, 0.1) is 18.3 Å². The molecule has 122 valence electrons. The van der Waals surface area contributed by atoms with Crippen LogP contribution in [-0.4, -0.2) is 29.8 Å². The molecule has 5 heteroatoms. The fourth-order valence-electron chi connectivity index (χ4n) is 2.66. The molecule has 1 N–H and O–H groups in total. The molecule has 1 aromatic rings. The molecule has 1 unspecified atom stereocenters. The van der Waals surface area contributed by atoms with Gasteiger partial charge in [0.15, 0.2) is 0 Å². The molecule has 0 aliphatic heterocycles. The maximum Gasteiger partial charge on any atom is 0.342 e. The summed E-state index contributed by atoms with van der Waals surface area (Å²) in [6.45, 7) is 3.84. The van der Waals surface area contributed by atoms with Gasteiger partial charge < -0.3 is 19.3 Å². The van der Waals surface area contributed by atoms with Crippen LogP contribution < -0.4 is 0 Å². The van der Waals surface area contributed by atoms with E-state index in [-0.39, 0.29) is 11.9 Å². The lowest BCUT2D eigenvalue weighted by molar-refractivity contribution is -0.360. The van der Waals surface area contributed by atoms with Gasteiger partial charge in [-0.3, -0.25) is 0 Å². The topological polar surface area (TPSA) is 65.0 Å². The highest BCUT2D eigenvalue weighted by Crippen LogP contribution is 2.27. The van der Waals surface area contributed by atoms with Crippen LogP contribution in [0.4, 0.5) is 0 Å². The summed E-state index contributed by atoms with van der Waals surface area (Å²) < 4.78 is 16.9. The summed E-state index contributed by atoms with van der Waals surface area (Å²) in [7, 11) is 0. The lowest BCUT2D eigenvalue weighted by Crippen LogP contribution is -2.41. The number of hydrogen-bond donors (Lipinski definition) is 1. The highest BCUT2D eigenvalue weighted by molar-refractivity contribution is 5.89. The average Bonchev–Trinajstić information content (AvgIpc) is 2.48. The molecule has 0 amide bonds. The van der Waals surface area contributed by atoms with Crippen molar-refractivity contribution in [2.45, 2.75) is 58.0 Å². The van der Waals surface area contributed by atoms with Crippen molar-refractivity contribution in [2.24, 2.45) is 0 Å². The Hall–Kier alpha value is -1.59. The minimum absolute atomic E-state index is 0.0536. The highest BCUT2D eigenvalue weighted by atomic mass is 16.9. The van der Waals surface area contributed by atoms with Crippen molar-refractivity contribution in [3.8, 4) is 5.75 Å². The number of aromatic hydroxyl groups is 1. The van der Waals surface area contributed by atoms with E-state index < -0.39 is 11.9 Å². The van der Waals surface area contributed by atoms with Gasteiger partial charge in [-0.2, -0.15) is 0 Å². The summed E-state index contributed by atoms with van der Waals surface area (Å²) in [5, 5.41) is 9.27. The number of carbonyl (C=O) groups excluding carboxylic acids is 1. The van der Waals surface area contributed by atoms with Crippen LogP contribution in [0.1, 0.15) is 56.3 Å². The van der Waals surface area contributed by atoms with Gasteiger partial charge in [-0.05, 0) is 44.0 Å². The Morgan fingerprint density at radius 3 is 2.45 bits per heavy atom. The monoisotopic (exact) mass is 308 g/mol. The van der Waals surface area contributed by atoms with E-state index >= 15 is 0 Å². The van der Waals surface area contributed by atoms with Crippen molar-refractivity contribution in [2.75, 3.05) is 6.61 Å². The maximum atomic E-state index is 12.2. The van der Waals surface area contributed by atoms with Gasteiger partial charge in [0.25, 0.3) is 0 Å². The molecule has 1 aliphatic carbocycles. The standard InChI is InChI=1S/C17H24O5/c1-3-20-17(2,21-15-7-5-4-6-8-15)22-16(19)13-9-11-14(18)12-10-13/h9-12,15,18H,3-8H2,1-2H3. The van der Waals surface area contributed by atoms with Crippen LogP contribution >= 0.6 is 0 Å². The SMILES string of the molecule is CCOC(C)(OC(=O)c1ccc(O)cc1)OC1CCCCC1. The molecular weight excluding hydrogens is 284 g/mol. The third-order valence-electron chi connectivity index (χ3n) is 3.72. The first-order valence-electron chi connectivity index (χ1n) is 7.86. The third kappa shape index (κ3) is 4.71. The third-order valence-corrected chi connectivity index (χ3v) is 3.72. The largest absolute Gasteiger partial charge is 0.508 e. The summed E-state index contributed by atoms with van der Waals surface area (Å²) in [6.07, 6.45) is 5.44. The molecule has 0 aromatic heterocycles. The quantitative estimate of drug-likeness (QED) is 0.642. The maximum absolute atomic E-state index is 12.2. The van der Waals surface area contributed by atoms with Crippen molar-refractivity contribution in [3.63, 3.8) is 0 Å². The number of carbonyl (C=O) groups is 1. The molecule has 0 spiro atoms. The number of benzene rings is 1. The Morgan fingerprint density at radius 2 is 1.86 bits per heavy atom. The number of ether oxygens (including phenoxy) is 3. The van der Waals surface area contributed by atoms with Crippen molar-refractivity contribution in [1.82, 2.24) is 0 Å². The Morgan fingerprint density at radius 1 is 1.23 bits per heavy atom. The van der Waals surface area contributed by atoms with Crippen molar-refractivity contribution < 1.29 is 24.1 Å².